The van der Waals surface area contributed by atoms with E-state index in [1.54, 1.807) is 37.6 Å². The second kappa shape index (κ2) is 5.65. The molecule has 0 aliphatic heterocycles. The SMILES string of the molecule is COc1ccc(Oc2nc(NN)ncc2Br)cc1. The van der Waals surface area contributed by atoms with Crippen LogP contribution in [0, 0.1) is 0 Å². The van der Waals surface area contributed by atoms with Crippen molar-refractivity contribution < 1.29 is 9.47 Å². The van der Waals surface area contributed by atoms with Crippen LogP contribution in [0.3, 0.4) is 0 Å². The van der Waals surface area contributed by atoms with E-state index >= 15 is 0 Å². The molecule has 6 nitrogen and oxygen atoms in total. The van der Waals surface area contributed by atoms with Crippen molar-refractivity contribution in [2.24, 2.45) is 5.84 Å². The number of hydrogen-bond acceptors (Lipinski definition) is 6. The van der Waals surface area contributed by atoms with Gasteiger partial charge in [0.15, 0.2) is 0 Å². The van der Waals surface area contributed by atoms with Gasteiger partial charge in [-0.05, 0) is 40.2 Å². The van der Waals surface area contributed by atoms with Gasteiger partial charge in [0.1, 0.15) is 11.5 Å². The third kappa shape index (κ3) is 2.88. The van der Waals surface area contributed by atoms with Gasteiger partial charge in [0.05, 0.1) is 17.8 Å². The van der Waals surface area contributed by atoms with E-state index in [0.29, 0.717) is 16.1 Å². The van der Waals surface area contributed by atoms with E-state index in [1.165, 1.54) is 0 Å². The van der Waals surface area contributed by atoms with Gasteiger partial charge < -0.3 is 9.47 Å². The Labute approximate surface area is 112 Å². The summed E-state index contributed by atoms with van der Waals surface area (Å²) in [6, 6.07) is 7.16. The Bertz CT molecular complexity index is 533. The van der Waals surface area contributed by atoms with E-state index in [-0.39, 0.29) is 5.95 Å². The lowest BCUT2D eigenvalue weighted by Gasteiger charge is -2.08. The van der Waals surface area contributed by atoms with Gasteiger partial charge in [-0.3, -0.25) is 5.43 Å². The topological polar surface area (TPSA) is 82.3 Å². The highest BCUT2D eigenvalue weighted by atomic mass is 79.9. The van der Waals surface area contributed by atoms with Crippen molar-refractivity contribution in [2.45, 2.75) is 0 Å². The molecule has 0 saturated carbocycles. The molecular weight excluding hydrogens is 300 g/mol. The van der Waals surface area contributed by atoms with Crippen molar-refractivity contribution in [1.29, 1.82) is 0 Å². The molecule has 0 aliphatic carbocycles. The molecule has 18 heavy (non-hydrogen) atoms. The van der Waals surface area contributed by atoms with Crippen molar-refractivity contribution in [2.75, 3.05) is 12.5 Å². The minimum Gasteiger partial charge on any atom is -0.497 e. The first kappa shape index (κ1) is 12.6. The molecule has 1 heterocycles. The third-order valence-corrected chi connectivity index (χ3v) is 2.66. The van der Waals surface area contributed by atoms with Crippen LogP contribution in [-0.2, 0) is 0 Å². The number of methoxy groups -OCH3 is 1. The van der Waals surface area contributed by atoms with E-state index < -0.39 is 0 Å². The van der Waals surface area contributed by atoms with E-state index in [1.807, 2.05) is 0 Å². The molecule has 0 amide bonds. The fourth-order valence-electron chi connectivity index (χ4n) is 1.25. The highest BCUT2D eigenvalue weighted by molar-refractivity contribution is 9.10. The summed E-state index contributed by atoms with van der Waals surface area (Å²) in [6.45, 7) is 0. The molecule has 7 heteroatoms. The van der Waals surface area contributed by atoms with E-state index in [2.05, 4.69) is 31.3 Å². The van der Waals surface area contributed by atoms with Crippen LogP contribution in [0.2, 0.25) is 0 Å². The van der Waals surface area contributed by atoms with Crippen LogP contribution in [0.4, 0.5) is 5.95 Å². The number of halogens is 1. The Morgan fingerprint density at radius 2 is 1.89 bits per heavy atom. The zero-order chi connectivity index (χ0) is 13.0. The molecule has 0 saturated heterocycles. The lowest BCUT2D eigenvalue weighted by atomic mass is 10.3. The summed E-state index contributed by atoms with van der Waals surface area (Å²) in [4.78, 5) is 8.01. The summed E-state index contributed by atoms with van der Waals surface area (Å²) in [5.74, 6) is 7.29. The standard InChI is InChI=1S/C11H11BrN4O2/c1-17-7-2-4-8(5-3-7)18-10-9(12)6-14-11(15-10)16-13/h2-6H,13H2,1H3,(H,14,15,16). The number of nitrogen functional groups attached to an aromatic ring is 1. The second-order valence-electron chi connectivity index (χ2n) is 3.27. The number of hydrazine groups is 1. The molecule has 0 aliphatic rings. The predicted molar refractivity (Wildman–Crippen MR) is 70.6 cm³/mol. The van der Waals surface area contributed by atoms with E-state index in [0.717, 1.165) is 5.75 Å². The van der Waals surface area contributed by atoms with Crippen molar-refractivity contribution in [3.05, 3.63) is 34.9 Å². The van der Waals surface area contributed by atoms with Gasteiger partial charge in [0.25, 0.3) is 0 Å². The average molecular weight is 311 g/mol. The molecule has 2 rings (SSSR count). The largest absolute Gasteiger partial charge is 0.497 e. The maximum absolute atomic E-state index is 5.60. The summed E-state index contributed by atoms with van der Waals surface area (Å²) >= 11 is 3.30. The fraction of sp³-hybridized carbons (Fsp3) is 0.0909. The van der Waals surface area contributed by atoms with Crippen molar-refractivity contribution in [3.63, 3.8) is 0 Å². The molecule has 2 aromatic rings. The average Bonchev–Trinajstić information content (AvgIpc) is 2.42. The van der Waals surface area contributed by atoms with Crippen LogP contribution in [0.15, 0.2) is 34.9 Å². The Kier molecular flexibility index (Phi) is 3.96. The van der Waals surface area contributed by atoms with Crippen LogP contribution in [0.5, 0.6) is 17.4 Å². The van der Waals surface area contributed by atoms with Crippen molar-refractivity contribution in [3.8, 4) is 17.4 Å². The quantitative estimate of drug-likeness (QED) is 0.666. The summed E-state index contributed by atoms with van der Waals surface area (Å²) in [5, 5.41) is 0. The lowest BCUT2D eigenvalue weighted by molar-refractivity contribution is 0.412. The zero-order valence-electron chi connectivity index (χ0n) is 9.55. The number of anilines is 1. The molecule has 0 unspecified atom stereocenters. The third-order valence-electron chi connectivity index (χ3n) is 2.11. The number of nitrogens with one attached hydrogen (secondary N) is 1. The molecule has 0 spiro atoms. The van der Waals surface area contributed by atoms with Crippen LogP contribution in [0.1, 0.15) is 0 Å². The smallest absolute Gasteiger partial charge is 0.240 e. The number of rotatable bonds is 4. The second-order valence-corrected chi connectivity index (χ2v) is 4.12. The first-order valence-corrected chi connectivity index (χ1v) is 5.83. The Hall–Kier alpha value is -1.86. The molecule has 1 aromatic carbocycles. The first-order valence-electron chi connectivity index (χ1n) is 5.04. The molecule has 1 aromatic heterocycles. The minimum absolute atomic E-state index is 0.279. The molecule has 0 atom stereocenters. The fourth-order valence-corrected chi connectivity index (χ4v) is 1.52. The van der Waals surface area contributed by atoms with Gasteiger partial charge >= 0.3 is 0 Å². The van der Waals surface area contributed by atoms with Gasteiger partial charge in [-0.25, -0.2) is 10.8 Å². The number of aromatic nitrogens is 2. The summed E-state index contributed by atoms with van der Waals surface area (Å²) in [6.07, 6.45) is 1.56. The zero-order valence-corrected chi connectivity index (χ0v) is 11.1. The lowest BCUT2D eigenvalue weighted by Crippen LogP contribution is -2.10. The Morgan fingerprint density at radius 3 is 2.50 bits per heavy atom. The number of nitrogens with zero attached hydrogens (tertiary/aromatic N) is 2. The Morgan fingerprint density at radius 1 is 1.22 bits per heavy atom. The van der Waals surface area contributed by atoms with Crippen LogP contribution in [0.25, 0.3) is 0 Å². The monoisotopic (exact) mass is 310 g/mol. The summed E-state index contributed by atoms with van der Waals surface area (Å²) in [7, 11) is 1.61. The molecule has 0 bridgehead atoms. The number of hydrogen-bond donors (Lipinski definition) is 2. The van der Waals surface area contributed by atoms with Gasteiger partial charge in [-0.15, -0.1) is 0 Å². The Balaban J connectivity index is 2.21. The maximum Gasteiger partial charge on any atom is 0.240 e. The molecule has 0 fully saturated rings. The molecule has 3 N–H and O–H groups in total. The molecule has 0 radical (unpaired) electrons. The van der Waals surface area contributed by atoms with Crippen molar-refractivity contribution >= 4 is 21.9 Å². The summed E-state index contributed by atoms with van der Waals surface area (Å²) < 4.78 is 11.3. The van der Waals surface area contributed by atoms with E-state index in [4.69, 9.17) is 15.3 Å². The highest BCUT2D eigenvalue weighted by Crippen LogP contribution is 2.28. The maximum atomic E-state index is 5.60. The van der Waals surface area contributed by atoms with Crippen LogP contribution in [-0.4, -0.2) is 17.1 Å². The van der Waals surface area contributed by atoms with Crippen LogP contribution < -0.4 is 20.7 Å². The molecular formula is C11H11BrN4O2. The number of nitrogens with two attached hydrogens (primary N) is 1. The van der Waals surface area contributed by atoms with E-state index in [9.17, 15) is 0 Å². The predicted octanol–water partition coefficient (Wildman–Crippen LogP) is 2.33. The normalized spacial score (nSPS) is 9.94. The highest BCUT2D eigenvalue weighted by Gasteiger charge is 2.07. The van der Waals surface area contributed by atoms with Gasteiger partial charge in [-0.2, -0.15) is 4.98 Å². The van der Waals surface area contributed by atoms with Gasteiger partial charge in [0, 0.05) is 0 Å². The van der Waals surface area contributed by atoms with Crippen molar-refractivity contribution in [1.82, 2.24) is 9.97 Å². The number of ether oxygens (including phenoxy) is 2. The van der Waals surface area contributed by atoms with Gasteiger partial charge in [-0.1, -0.05) is 0 Å². The summed E-state index contributed by atoms with van der Waals surface area (Å²) in [5.41, 5.74) is 2.36. The van der Waals surface area contributed by atoms with Gasteiger partial charge in [0.2, 0.25) is 11.8 Å². The molecule has 94 valence electrons. The minimum atomic E-state index is 0.279. The first-order chi connectivity index (χ1) is 8.72. The number of benzene rings is 1. The van der Waals surface area contributed by atoms with Crippen LogP contribution >= 0.6 is 15.9 Å².